The van der Waals surface area contributed by atoms with Crippen molar-refractivity contribution in [1.29, 1.82) is 0 Å². The van der Waals surface area contributed by atoms with Gasteiger partial charge < -0.3 is 4.90 Å². The topological polar surface area (TPSA) is 40.6 Å². The molecule has 0 saturated heterocycles. The Morgan fingerprint density at radius 3 is 1.66 bits per heavy atom. The van der Waals surface area contributed by atoms with E-state index in [-0.39, 0.29) is 23.7 Å². The van der Waals surface area contributed by atoms with Gasteiger partial charge in [-0.25, -0.2) is 0 Å². The number of carbonyl (C=O) groups excluding carboxylic acids is 2. The number of aryl methyl sites for hydroxylation is 1. The van der Waals surface area contributed by atoms with Gasteiger partial charge in [0.05, 0.1) is 5.69 Å². The van der Waals surface area contributed by atoms with Gasteiger partial charge in [0.1, 0.15) is 0 Å². The maximum absolute atomic E-state index is 14.9. The fourth-order valence-electron chi connectivity index (χ4n) is 9.90. The van der Waals surface area contributed by atoms with Crippen LogP contribution >= 0.6 is 7.26 Å². The van der Waals surface area contributed by atoms with Crippen molar-refractivity contribution in [2.75, 3.05) is 22.9 Å². The van der Waals surface area contributed by atoms with Gasteiger partial charge in [0.25, 0.3) is 0 Å². The van der Waals surface area contributed by atoms with E-state index >= 15 is 0 Å². The van der Waals surface area contributed by atoms with E-state index in [1.807, 2.05) is 46.8 Å². The third-order valence-corrected chi connectivity index (χ3v) is 18.1. The number of benzene rings is 5. The van der Waals surface area contributed by atoms with E-state index < -0.39 is 7.26 Å². The molecule has 2 aliphatic heterocycles. The van der Waals surface area contributed by atoms with Crippen molar-refractivity contribution < 1.29 is 27.5 Å². The third-order valence-electron chi connectivity index (χ3n) is 12.7. The van der Waals surface area contributed by atoms with Crippen LogP contribution in [0.5, 0.6) is 0 Å². The molecule has 5 aromatic carbocycles. The Morgan fingerprint density at radius 2 is 1.17 bits per heavy atom. The molecule has 4 nitrogen and oxygen atoms in total. The first-order valence-corrected chi connectivity index (χ1v) is 26.0. The number of nitrogens with zero attached hydrogens (tertiary/aromatic N) is 2. The van der Waals surface area contributed by atoms with Gasteiger partial charge in [-0.05, 0) is 24.5 Å². The van der Waals surface area contributed by atoms with E-state index in [0.29, 0.717) is 24.2 Å². The normalized spacial score (nSPS) is 17.9. The van der Waals surface area contributed by atoms with E-state index in [2.05, 4.69) is 179 Å². The van der Waals surface area contributed by atoms with Gasteiger partial charge in [-0.3, -0.25) is 4.79 Å². The molecule has 6 heteroatoms. The Balaban J connectivity index is 1.29. The van der Waals surface area contributed by atoms with Gasteiger partial charge in [-0.2, -0.15) is 0 Å². The van der Waals surface area contributed by atoms with Crippen molar-refractivity contribution in [3.05, 3.63) is 190 Å². The second-order valence-electron chi connectivity index (χ2n) is 18.0. The van der Waals surface area contributed by atoms with Crippen molar-refractivity contribution >= 4 is 63.6 Å². The summed E-state index contributed by atoms with van der Waals surface area (Å²) in [5.74, 6) is 0.306. The standard InChI is InChI=1S/C58H59N2O2P.Os/c1-8-20-43-30-33-51-53(35-43)59(38-40(3)4)57(61)55(51)56-52-34-31-44(36-54(52)60(58(56)62)39-41(5)6)29-32-46(37-47-22-19-21-45(47)9-2)42(7)63(48-23-13-10-14-24-48,49-25-15-11-16-26-49)50-27-17-12-18-28-50;/h8-18,20,23-28,30-31,33-37,40-41H,19,21-22,29,32,38-39H2,1-6H3;/q+1;/b20-8+,45-9?,46-42?,47-37?,56-55+;. The van der Waals surface area contributed by atoms with Crippen molar-refractivity contribution in [3.8, 4) is 4.37 Å². The first-order chi connectivity index (χ1) is 31.1. The SMILES string of the molecule is CC=C1CCCC1=CC(CCc1ccc2c(c1)N(CC(C)C)C(=O)/C2=C1/C(=O)N(CC(C)C)c2cc(/C=C/C)ccc21)=C([C]#[Os])[P+](c1ccccc1)(c1ccccc1)c1ccccc1. The average Bonchev–Trinajstić information content (AvgIpc) is 3.95. The number of anilines is 2. The van der Waals surface area contributed by atoms with Crippen LogP contribution in [0.2, 0.25) is 0 Å². The molecule has 1 fully saturated rings. The van der Waals surface area contributed by atoms with E-state index in [0.717, 1.165) is 65.7 Å². The monoisotopic (exact) mass is 1040 g/mol. The van der Waals surface area contributed by atoms with E-state index in [1.54, 1.807) is 0 Å². The molecule has 1 aliphatic carbocycles. The van der Waals surface area contributed by atoms with Crippen LogP contribution in [0.4, 0.5) is 11.4 Å². The van der Waals surface area contributed by atoms with Crippen LogP contribution in [-0.2, 0) is 34.0 Å². The Hall–Kier alpha value is -5.41. The van der Waals surface area contributed by atoms with Gasteiger partial charge >= 0.3 is 309 Å². The van der Waals surface area contributed by atoms with Crippen LogP contribution < -0.4 is 25.7 Å². The summed E-state index contributed by atoms with van der Waals surface area (Å²) in [4.78, 5) is 33.3. The van der Waals surface area contributed by atoms with E-state index in [9.17, 15) is 9.59 Å². The fourth-order valence-corrected chi connectivity index (χ4v) is 15.8. The van der Waals surface area contributed by atoms with Gasteiger partial charge in [0.15, 0.2) is 0 Å². The second-order valence-corrected chi connectivity index (χ2v) is 21.9. The first-order valence-electron chi connectivity index (χ1n) is 22.9. The Labute approximate surface area is 391 Å². The zero-order valence-corrected chi connectivity index (χ0v) is 41.5. The van der Waals surface area contributed by atoms with Crippen LogP contribution in [0, 0.1) is 16.2 Å². The predicted octanol–water partition coefficient (Wildman–Crippen LogP) is 12.4. The summed E-state index contributed by atoms with van der Waals surface area (Å²) >= 11 is 1.84. The summed E-state index contributed by atoms with van der Waals surface area (Å²) in [6.07, 6.45) is 13.8. The molecule has 64 heavy (non-hydrogen) atoms. The number of hydrogen-bond donors (Lipinski definition) is 0. The summed E-state index contributed by atoms with van der Waals surface area (Å²) in [6, 6.07) is 46.0. The number of fused-ring (bicyclic) bond motifs is 2. The Morgan fingerprint density at radius 1 is 0.672 bits per heavy atom. The molecule has 0 atom stereocenters. The maximum atomic E-state index is 14.9. The number of allylic oxidation sites excluding steroid dienone is 7. The van der Waals surface area contributed by atoms with Crippen LogP contribution in [0.3, 0.4) is 0 Å². The molecule has 5 aromatic rings. The van der Waals surface area contributed by atoms with Gasteiger partial charge in [-0.1, -0.05) is 38.1 Å². The zero-order chi connectivity index (χ0) is 45.0. The number of hydrogen-bond acceptors (Lipinski definition) is 2. The minimum absolute atomic E-state index is 0.0915. The molecule has 1 saturated carbocycles. The average molecular weight is 1040 g/mol. The van der Waals surface area contributed by atoms with Gasteiger partial charge in [0.2, 0.25) is 0 Å². The molecule has 0 bridgehead atoms. The summed E-state index contributed by atoms with van der Waals surface area (Å²) in [5.41, 5.74) is 10.9. The summed E-state index contributed by atoms with van der Waals surface area (Å²) < 4.78 is 3.93. The molecule has 3 aliphatic rings. The van der Waals surface area contributed by atoms with Crippen molar-refractivity contribution in [3.63, 3.8) is 0 Å². The molecule has 2 amide bonds. The zero-order valence-electron chi connectivity index (χ0n) is 38.0. The summed E-state index contributed by atoms with van der Waals surface area (Å²) in [7, 11) is -2.43. The molecule has 2 heterocycles. The molecular weight excluding hydrogens is 978 g/mol. The number of rotatable bonds is 13. The van der Waals surface area contributed by atoms with Gasteiger partial charge in [0, 0.05) is 6.54 Å². The second kappa shape index (κ2) is 19.8. The van der Waals surface area contributed by atoms with Crippen LogP contribution in [-0.4, -0.2) is 24.9 Å². The van der Waals surface area contributed by atoms with Crippen molar-refractivity contribution in [2.24, 2.45) is 11.8 Å². The molecule has 0 N–H and O–H groups in total. The predicted molar refractivity (Wildman–Crippen MR) is 269 cm³/mol. The van der Waals surface area contributed by atoms with Gasteiger partial charge in [-0.15, -0.1) is 0 Å². The van der Waals surface area contributed by atoms with Crippen LogP contribution in [0.15, 0.2) is 168 Å². The van der Waals surface area contributed by atoms with Crippen LogP contribution in [0.1, 0.15) is 89.5 Å². The summed E-state index contributed by atoms with van der Waals surface area (Å²) in [6.45, 7) is 13.9. The molecule has 0 aromatic heterocycles. The Kier molecular flexibility index (Phi) is 13.9. The molecule has 325 valence electrons. The molecular formula is C58H59N2O2OsP+. The molecule has 0 spiro atoms. The first kappa shape index (κ1) is 45.2. The quantitative estimate of drug-likeness (QED) is 0.0871. The third kappa shape index (κ3) is 8.60. The summed E-state index contributed by atoms with van der Waals surface area (Å²) in [5, 5.41) is 5.20. The van der Waals surface area contributed by atoms with E-state index in [4.69, 9.17) is 0 Å². The molecule has 0 radical (unpaired) electrons. The van der Waals surface area contributed by atoms with Crippen LogP contribution in [0.25, 0.3) is 17.2 Å². The Bertz CT molecular complexity index is 2670. The van der Waals surface area contributed by atoms with Crippen molar-refractivity contribution in [1.82, 2.24) is 0 Å². The number of carbonyl (C=O) groups is 2. The number of amides is 2. The molecule has 8 rings (SSSR count). The van der Waals surface area contributed by atoms with Crippen molar-refractivity contribution in [2.45, 2.75) is 73.6 Å². The minimum atomic E-state index is -2.43. The van der Waals surface area contributed by atoms with E-state index in [1.165, 1.54) is 37.9 Å². The molecule has 0 unspecified atom stereocenters. The fraction of sp³-hybridized carbons (Fsp3) is 0.259.